The van der Waals surface area contributed by atoms with Gasteiger partial charge in [-0.25, -0.2) is 0 Å². The number of amides is 4. The molecule has 0 radical (unpaired) electrons. The maximum Gasteiger partial charge on any atom is 0.253 e. The molecule has 0 aromatic heterocycles. The molecule has 1 fully saturated rings. The summed E-state index contributed by atoms with van der Waals surface area (Å²) in [6.07, 6.45) is 0.130. The van der Waals surface area contributed by atoms with E-state index in [1.807, 2.05) is 32.0 Å². The van der Waals surface area contributed by atoms with E-state index in [1.165, 1.54) is 0 Å². The molecule has 1 heterocycles. The third-order valence-corrected chi connectivity index (χ3v) is 5.45. The van der Waals surface area contributed by atoms with Crippen molar-refractivity contribution in [1.82, 2.24) is 5.32 Å². The zero-order valence-corrected chi connectivity index (χ0v) is 17.6. The molecule has 1 saturated heterocycles. The molecule has 2 aromatic rings. The second-order valence-electron chi connectivity index (χ2n) is 7.63. The first-order chi connectivity index (χ1) is 14.8. The van der Waals surface area contributed by atoms with Crippen LogP contribution >= 0.6 is 0 Å². The number of aryl methyl sites for hydroxylation is 1. The summed E-state index contributed by atoms with van der Waals surface area (Å²) in [5.74, 6) is -1.89. The lowest BCUT2D eigenvalue weighted by atomic mass is 10.1. The van der Waals surface area contributed by atoms with Crippen molar-refractivity contribution in [1.29, 1.82) is 0 Å². The highest BCUT2D eigenvalue weighted by Gasteiger charge is 2.36. The summed E-state index contributed by atoms with van der Waals surface area (Å²) in [5.41, 5.74) is 8.61. The Morgan fingerprint density at radius 3 is 2.58 bits per heavy atom. The Bertz CT molecular complexity index is 1030. The number of hydrogen-bond donors (Lipinski definition) is 3. The molecule has 1 unspecified atom stereocenters. The first kappa shape index (κ1) is 22.0. The molecule has 0 bridgehead atoms. The molecule has 4 amide bonds. The zero-order chi connectivity index (χ0) is 22.5. The van der Waals surface area contributed by atoms with Gasteiger partial charge in [0.2, 0.25) is 17.7 Å². The SMILES string of the molecule is Cc1cccc(N2CC(C(=O)Nc3ccccc3C(=O)NCCC(N)=O)CC2=O)c1C. The summed E-state index contributed by atoms with van der Waals surface area (Å²) >= 11 is 0. The van der Waals surface area contributed by atoms with Gasteiger partial charge in [-0.05, 0) is 43.2 Å². The first-order valence-electron chi connectivity index (χ1n) is 10.1. The maximum absolute atomic E-state index is 12.9. The fourth-order valence-corrected chi connectivity index (χ4v) is 3.56. The third kappa shape index (κ3) is 5.09. The van der Waals surface area contributed by atoms with E-state index in [1.54, 1.807) is 29.2 Å². The predicted octanol–water partition coefficient (Wildman–Crippen LogP) is 1.90. The topological polar surface area (TPSA) is 122 Å². The number of hydrogen-bond acceptors (Lipinski definition) is 4. The van der Waals surface area contributed by atoms with E-state index in [0.29, 0.717) is 5.69 Å². The molecule has 4 N–H and O–H groups in total. The van der Waals surface area contributed by atoms with Crippen LogP contribution < -0.4 is 21.3 Å². The van der Waals surface area contributed by atoms with E-state index >= 15 is 0 Å². The van der Waals surface area contributed by atoms with E-state index in [0.717, 1.165) is 16.8 Å². The smallest absolute Gasteiger partial charge is 0.253 e. The van der Waals surface area contributed by atoms with Crippen LogP contribution in [0.25, 0.3) is 0 Å². The molecule has 0 aliphatic carbocycles. The summed E-state index contributed by atoms with van der Waals surface area (Å²) in [5, 5.41) is 5.39. The van der Waals surface area contributed by atoms with Gasteiger partial charge in [0.15, 0.2) is 0 Å². The minimum Gasteiger partial charge on any atom is -0.370 e. The van der Waals surface area contributed by atoms with Gasteiger partial charge in [-0.3, -0.25) is 19.2 Å². The molecule has 2 aromatic carbocycles. The van der Waals surface area contributed by atoms with Crippen molar-refractivity contribution >= 4 is 35.0 Å². The van der Waals surface area contributed by atoms with Crippen LogP contribution in [-0.2, 0) is 14.4 Å². The Morgan fingerprint density at radius 2 is 1.84 bits per heavy atom. The van der Waals surface area contributed by atoms with Gasteiger partial charge in [0.05, 0.1) is 17.2 Å². The molecule has 0 saturated carbocycles. The average molecular weight is 422 g/mol. The first-order valence-corrected chi connectivity index (χ1v) is 10.1. The highest BCUT2D eigenvalue weighted by atomic mass is 16.2. The van der Waals surface area contributed by atoms with Crippen molar-refractivity contribution in [3.8, 4) is 0 Å². The lowest BCUT2D eigenvalue weighted by Crippen LogP contribution is -2.31. The highest BCUT2D eigenvalue weighted by molar-refractivity contribution is 6.07. The summed E-state index contributed by atoms with van der Waals surface area (Å²) < 4.78 is 0. The summed E-state index contributed by atoms with van der Waals surface area (Å²) in [6, 6.07) is 12.3. The molecule has 162 valence electrons. The van der Waals surface area contributed by atoms with Crippen LogP contribution in [0.3, 0.4) is 0 Å². The molecule has 31 heavy (non-hydrogen) atoms. The number of para-hydroxylation sites is 1. The van der Waals surface area contributed by atoms with Crippen LogP contribution in [0.1, 0.15) is 34.3 Å². The van der Waals surface area contributed by atoms with Crippen LogP contribution in [-0.4, -0.2) is 36.7 Å². The third-order valence-electron chi connectivity index (χ3n) is 5.45. The zero-order valence-electron chi connectivity index (χ0n) is 17.6. The standard InChI is InChI=1S/C23H26N4O4/c1-14-6-5-9-19(15(14)2)27-13-16(12-21(27)29)22(30)26-18-8-4-3-7-17(18)23(31)25-11-10-20(24)28/h3-9,16H,10-13H2,1-2H3,(H2,24,28)(H,25,31)(H,26,30). The quantitative estimate of drug-likeness (QED) is 0.631. The van der Waals surface area contributed by atoms with E-state index < -0.39 is 17.7 Å². The maximum atomic E-state index is 12.9. The Hall–Kier alpha value is -3.68. The van der Waals surface area contributed by atoms with Gasteiger partial charge in [-0.15, -0.1) is 0 Å². The largest absolute Gasteiger partial charge is 0.370 e. The van der Waals surface area contributed by atoms with E-state index in [-0.39, 0.29) is 43.3 Å². The highest BCUT2D eigenvalue weighted by Crippen LogP contribution is 2.30. The number of carbonyl (C=O) groups excluding carboxylic acids is 4. The fourth-order valence-electron chi connectivity index (χ4n) is 3.56. The molecule has 8 nitrogen and oxygen atoms in total. The summed E-state index contributed by atoms with van der Waals surface area (Å²) in [7, 11) is 0. The molecule has 0 spiro atoms. The van der Waals surface area contributed by atoms with Gasteiger partial charge in [0, 0.05) is 31.6 Å². The number of nitrogens with one attached hydrogen (secondary N) is 2. The Balaban J connectivity index is 1.70. The summed E-state index contributed by atoms with van der Waals surface area (Å²) in [4.78, 5) is 50.4. The van der Waals surface area contributed by atoms with Gasteiger partial charge < -0.3 is 21.3 Å². The van der Waals surface area contributed by atoms with Gasteiger partial charge >= 0.3 is 0 Å². The predicted molar refractivity (Wildman–Crippen MR) is 118 cm³/mol. The molecule has 3 rings (SSSR count). The van der Waals surface area contributed by atoms with Crippen LogP contribution in [0.15, 0.2) is 42.5 Å². The monoisotopic (exact) mass is 422 g/mol. The number of anilines is 2. The van der Waals surface area contributed by atoms with Crippen LogP contribution in [0.4, 0.5) is 11.4 Å². The number of primary amides is 1. The second-order valence-corrected chi connectivity index (χ2v) is 7.63. The number of benzene rings is 2. The second kappa shape index (κ2) is 9.42. The number of rotatable bonds is 7. The van der Waals surface area contributed by atoms with Gasteiger partial charge in [-0.2, -0.15) is 0 Å². The van der Waals surface area contributed by atoms with Crippen LogP contribution in [0, 0.1) is 19.8 Å². The van der Waals surface area contributed by atoms with E-state index in [9.17, 15) is 19.2 Å². The van der Waals surface area contributed by atoms with Gasteiger partial charge in [0.1, 0.15) is 0 Å². The minimum atomic E-state index is -0.529. The van der Waals surface area contributed by atoms with Crippen molar-refractivity contribution < 1.29 is 19.2 Å². The van der Waals surface area contributed by atoms with Crippen molar-refractivity contribution in [2.24, 2.45) is 11.7 Å². The Labute approximate surface area is 180 Å². The van der Waals surface area contributed by atoms with Gasteiger partial charge in [-0.1, -0.05) is 24.3 Å². The average Bonchev–Trinajstić information content (AvgIpc) is 3.11. The molecule has 1 atom stereocenters. The minimum absolute atomic E-state index is 0.0265. The van der Waals surface area contributed by atoms with E-state index in [4.69, 9.17) is 5.73 Å². The number of nitrogens with two attached hydrogens (primary N) is 1. The van der Waals surface area contributed by atoms with Gasteiger partial charge in [0.25, 0.3) is 5.91 Å². The molecular weight excluding hydrogens is 396 g/mol. The molecule has 8 heteroatoms. The normalized spacial score (nSPS) is 15.6. The van der Waals surface area contributed by atoms with Crippen molar-refractivity contribution in [2.45, 2.75) is 26.7 Å². The Morgan fingerprint density at radius 1 is 1.10 bits per heavy atom. The molecular formula is C23H26N4O4. The van der Waals surface area contributed by atoms with Crippen LogP contribution in [0.2, 0.25) is 0 Å². The lowest BCUT2D eigenvalue weighted by molar-refractivity contribution is -0.122. The van der Waals surface area contributed by atoms with Crippen LogP contribution in [0.5, 0.6) is 0 Å². The van der Waals surface area contributed by atoms with Crippen molar-refractivity contribution in [3.63, 3.8) is 0 Å². The fraction of sp³-hybridized carbons (Fsp3) is 0.304. The number of carbonyl (C=O) groups is 4. The Kier molecular flexibility index (Phi) is 6.69. The lowest BCUT2D eigenvalue weighted by Gasteiger charge is -2.20. The van der Waals surface area contributed by atoms with E-state index in [2.05, 4.69) is 10.6 Å². The van der Waals surface area contributed by atoms with Crippen molar-refractivity contribution in [3.05, 3.63) is 59.2 Å². The molecule has 1 aliphatic rings. The molecule has 1 aliphatic heterocycles. The summed E-state index contributed by atoms with van der Waals surface area (Å²) in [6.45, 7) is 4.33. The number of nitrogens with zero attached hydrogens (tertiary/aromatic N) is 1. The van der Waals surface area contributed by atoms with Crippen molar-refractivity contribution in [2.75, 3.05) is 23.3 Å².